The smallest absolute Gasteiger partial charge is 0.0675 e. The Labute approximate surface area is 135 Å². The van der Waals surface area contributed by atoms with Crippen LogP contribution < -0.4 is 0 Å². The van der Waals surface area contributed by atoms with Crippen LogP contribution >= 0.6 is 0 Å². The molecule has 22 heavy (non-hydrogen) atoms. The molecule has 0 aromatic rings. The van der Waals surface area contributed by atoms with Crippen LogP contribution in [0, 0.1) is 34.5 Å². The molecule has 1 heteroatoms. The lowest BCUT2D eigenvalue weighted by Crippen LogP contribution is -2.54. The van der Waals surface area contributed by atoms with Crippen molar-refractivity contribution in [3.05, 3.63) is 23.8 Å². The average molecular weight is 300 g/mol. The first-order valence-corrected chi connectivity index (χ1v) is 9.41. The van der Waals surface area contributed by atoms with Crippen molar-refractivity contribution in [3.63, 3.8) is 0 Å². The number of hydrogen-bond donors (Lipinski definition) is 1. The Morgan fingerprint density at radius 3 is 2.55 bits per heavy atom. The first-order chi connectivity index (χ1) is 10.3. The van der Waals surface area contributed by atoms with Gasteiger partial charge in [0.2, 0.25) is 0 Å². The number of rotatable bonds is 0. The molecule has 1 nitrogen and oxygen atoms in total. The van der Waals surface area contributed by atoms with E-state index in [1.165, 1.54) is 32.1 Å². The molecular formula is C21H32O. The van der Waals surface area contributed by atoms with Gasteiger partial charge in [0.25, 0.3) is 0 Å². The Bertz CT molecular complexity index is 542. The van der Waals surface area contributed by atoms with Gasteiger partial charge in [0.1, 0.15) is 0 Å². The van der Waals surface area contributed by atoms with Crippen LogP contribution in [-0.2, 0) is 0 Å². The Hall–Kier alpha value is -0.560. The highest BCUT2D eigenvalue weighted by molar-refractivity contribution is 5.35. The predicted octanol–water partition coefficient (Wildman–Crippen LogP) is 5.11. The first-order valence-electron chi connectivity index (χ1n) is 9.41. The van der Waals surface area contributed by atoms with E-state index in [2.05, 4.69) is 45.9 Å². The Morgan fingerprint density at radius 2 is 1.77 bits per heavy atom. The van der Waals surface area contributed by atoms with Crippen LogP contribution in [-0.4, -0.2) is 10.7 Å². The van der Waals surface area contributed by atoms with Gasteiger partial charge in [-0.15, -0.1) is 0 Å². The van der Waals surface area contributed by atoms with Crippen molar-refractivity contribution in [1.82, 2.24) is 0 Å². The molecule has 0 heterocycles. The second-order valence-electron chi connectivity index (χ2n) is 9.40. The summed E-state index contributed by atoms with van der Waals surface area (Å²) in [5.74, 6) is 2.96. The molecule has 0 aliphatic heterocycles. The largest absolute Gasteiger partial charge is 0.390 e. The van der Waals surface area contributed by atoms with Gasteiger partial charge in [-0.05, 0) is 85.5 Å². The zero-order valence-corrected chi connectivity index (χ0v) is 14.7. The van der Waals surface area contributed by atoms with E-state index in [9.17, 15) is 5.11 Å². The summed E-state index contributed by atoms with van der Waals surface area (Å²) in [6, 6.07) is 0. The number of aliphatic hydroxyl groups is 1. The zero-order valence-electron chi connectivity index (χ0n) is 14.7. The molecule has 122 valence electrons. The molecule has 2 fully saturated rings. The summed E-state index contributed by atoms with van der Waals surface area (Å²) in [6.45, 7) is 9.45. The second-order valence-corrected chi connectivity index (χ2v) is 9.40. The third-order valence-electron chi connectivity index (χ3n) is 8.55. The summed E-state index contributed by atoms with van der Waals surface area (Å²) >= 11 is 0. The van der Waals surface area contributed by atoms with E-state index in [0.29, 0.717) is 17.3 Å². The molecule has 0 aromatic heterocycles. The van der Waals surface area contributed by atoms with Crippen molar-refractivity contribution >= 4 is 0 Å². The van der Waals surface area contributed by atoms with Gasteiger partial charge in [0.05, 0.1) is 5.60 Å². The van der Waals surface area contributed by atoms with Gasteiger partial charge >= 0.3 is 0 Å². The van der Waals surface area contributed by atoms with Crippen molar-refractivity contribution in [3.8, 4) is 0 Å². The van der Waals surface area contributed by atoms with E-state index in [1.54, 1.807) is 5.57 Å². The highest BCUT2D eigenvalue weighted by Gasteiger charge is 2.62. The number of hydrogen-bond acceptors (Lipinski definition) is 1. The zero-order chi connectivity index (χ0) is 15.8. The van der Waals surface area contributed by atoms with Crippen LogP contribution in [0.1, 0.15) is 66.2 Å². The van der Waals surface area contributed by atoms with Crippen molar-refractivity contribution < 1.29 is 5.11 Å². The SMILES string of the molecule is C[C@@H]1C=C2C=CCC[C@]2(C)[C@H]2CC[C@@]3(C)[C@@H](CC[C@]3(C)O)[C@H]12. The lowest BCUT2D eigenvalue weighted by molar-refractivity contribution is -0.119. The lowest BCUT2D eigenvalue weighted by atomic mass is 9.46. The maximum absolute atomic E-state index is 11.0. The van der Waals surface area contributed by atoms with Gasteiger partial charge in [-0.1, -0.05) is 39.0 Å². The fourth-order valence-corrected chi connectivity index (χ4v) is 6.88. The third kappa shape index (κ3) is 1.70. The predicted molar refractivity (Wildman–Crippen MR) is 91.4 cm³/mol. The average Bonchev–Trinajstić information content (AvgIpc) is 2.70. The van der Waals surface area contributed by atoms with Crippen molar-refractivity contribution in [2.75, 3.05) is 0 Å². The minimum absolute atomic E-state index is 0.134. The van der Waals surface area contributed by atoms with Gasteiger partial charge in [-0.3, -0.25) is 0 Å². The molecule has 0 unspecified atom stereocenters. The maximum atomic E-state index is 11.0. The molecule has 0 spiro atoms. The number of fused-ring (bicyclic) bond motifs is 5. The Morgan fingerprint density at radius 1 is 1.05 bits per heavy atom. The van der Waals surface area contributed by atoms with Gasteiger partial charge in [0, 0.05) is 0 Å². The normalized spacial score (nSPS) is 56.9. The highest BCUT2D eigenvalue weighted by atomic mass is 16.3. The van der Waals surface area contributed by atoms with E-state index in [1.807, 2.05) is 0 Å². The van der Waals surface area contributed by atoms with E-state index >= 15 is 0 Å². The van der Waals surface area contributed by atoms with Gasteiger partial charge in [-0.25, -0.2) is 0 Å². The molecule has 0 radical (unpaired) electrons. The standard InChI is InChI=1S/C21H32O/c1-14-13-15-7-5-6-10-19(15,2)16-8-11-20(3)17(18(14)16)9-12-21(20,4)22/h5,7,13-14,16-18,22H,6,8-12H2,1-4H3/t14-,16+,17+,18-,19+,20+,21+/m1/s1. The van der Waals surface area contributed by atoms with Gasteiger partial charge in [-0.2, -0.15) is 0 Å². The van der Waals surface area contributed by atoms with Crippen LogP contribution in [0.5, 0.6) is 0 Å². The Balaban J connectivity index is 1.78. The summed E-state index contributed by atoms with van der Waals surface area (Å²) in [4.78, 5) is 0. The molecule has 4 rings (SSSR count). The first kappa shape index (κ1) is 15.0. The third-order valence-corrected chi connectivity index (χ3v) is 8.55. The Kier molecular flexibility index (Phi) is 3.07. The summed E-state index contributed by atoms with van der Waals surface area (Å²) in [5.41, 5.74) is 1.68. The van der Waals surface area contributed by atoms with E-state index in [-0.39, 0.29) is 5.41 Å². The van der Waals surface area contributed by atoms with Crippen molar-refractivity contribution in [2.24, 2.45) is 34.5 Å². The molecule has 4 aliphatic carbocycles. The molecule has 1 N–H and O–H groups in total. The topological polar surface area (TPSA) is 20.2 Å². The molecule has 4 aliphatic rings. The molecule has 2 saturated carbocycles. The molecule has 0 amide bonds. The van der Waals surface area contributed by atoms with E-state index < -0.39 is 5.60 Å². The van der Waals surface area contributed by atoms with Crippen LogP contribution in [0.15, 0.2) is 23.8 Å². The second kappa shape index (κ2) is 4.50. The lowest BCUT2D eigenvalue weighted by Gasteiger charge is -2.59. The molecule has 0 saturated heterocycles. The summed E-state index contributed by atoms with van der Waals surface area (Å²) in [5, 5.41) is 11.0. The highest BCUT2D eigenvalue weighted by Crippen LogP contribution is 2.67. The summed E-state index contributed by atoms with van der Waals surface area (Å²) in [6.07, 6.45) is 14.7. The van der Waals surface area contributed by atoms with Gasteiger partial charge < -0.3 is 5.11 Å². The fraction of sp³-hybridized carbons (Fsp3) is 0.810. The molecule has 0 bridgehead atoms. The maximum Gasteiger partial charge on any atom is 0.0675 e. The molecular weight excluding hydrogens is 268 g/mol. The van der Waals surface area contributed by atoms with Crippen molar-refractivity contribution in [2.45, 2.75) is 71.8 Å². The fourth-order valence-electron chi connectivity index (χ4n) is 6.88. The van der Waals surface area contributed by atoms with Crippen LogP contribution in [0.3, 0.4) is 0 Å². The number of allylic oxidation sites excluding steroid dienone is 4. The summed E-state index contributed by atoms with van der Waals surface area (Å²) in [7, 11) is 0. The van der Waals surface area contributed by atoms with Crippen LogP contribution in [0.4, 0.5) is 0 Å². The van der Waals surface area contributed by atoms with E-state index in [4.69, 9.17) is 0 Å². The molecule has 0 aromatic carbocycles. The van der Waals surface area contributed by atoms with Crippen LogP contribution in [0.2, 0.25) is 0 Å². The van der Waals surface area contributed by atoms with Crippen molar-refractivity contribution in [1.29, 1.82) is 0 Å². The summed E-state index contributed by atoms with van der Waals surface area (Å²) < 4.78 is 0. The quantitative estimate of drug-likeness (QED) is 0.659. The minimum atomic E-state index is -0.459. The monoisotopic (exact) mass is 300 g/mol. The van der Waals surface area contributed by atoms with E-state index in [0.717, 1.165) is 18.3 Å². The minimum Gasteiger partial charge on any atom is -0.390 e. The molecule has 7 atom stereocenters. The van der Waals surface area contributed by atoms with Crippen LogP contribution in [0.25, 0.3) is 0 Å². The van der Waals surface area contributed by atoms with Gasteiger partial charge in [0.15, 0.2) is 0 Å².